The zero-order valence-corrected chi connectivity index (χ0v) is 19.4. The molecule has 0 fully saturated rings. The highest BCUT2D eigenvalue weighted by molar-refractivity contribution is 7.14. The van der Waals surface area contributed by atoms with Crippen molar-refractivity contribution in [2.75, 3.05) is 26.7 Å². The molecule has 1 aliphatic rings. The van der Waals surface area contributed by atoms with Crippen molar-refractivity contribution in [3.05, 3.63) is 45.5 Å². The Hall–Kier alpha value is -1.72. The summed E-state index contributed by atoms with van der Waals surface area (Å²) in [5.74, 6) is 0.916. The van der Waals surface area contributed by atoms with Crippen LogP contribution >= 0.6 is 11.3 Å². The number of carbonyl (C=O) groups excluding carboxylic acids is 1. The van der Waals surface area contributed by atoms with Crippen LogP contribution in [0.5, 0.6) is 0 Å². The third-order valence-corrected chi connectivity index (χ3v) is 5.34. The van der Waals surface area contributed by atoms with Gasteiger partial charge in [-0.1, -0.05) is 57.6 Å². The van der Waals surface area contributed by atoms with Gasteiger partial charge in [-0.15, -0.1) is 11.3 Å². The van der Waals surface area contributed by atoms with Gasteiger partial charge in [-0.25, -0.2) is 4.98 Å². The number of aromatic nitrogens is 1. The predicted octanol–water partition coefficient (Wildman–Crippen LogP) is 5.48. The van der Waals surface area contributed by atoms with Crippen LogP contribution in [-0.2, 0) is 0 Å². The molecule has 1 aromatic heterocycles. The van der Waals surface area contributed by atoms with Gasteiger partial charge in [-0.05, 0) is 39.7 Å². The number of nitrogens with zero attached hydrogens (tertiary/aromatic N) is 2. The Morgan fingerprint density at radius 1 is 1.25 bits per heavy atom. The van der Waals surface area contributed by atoms with Gasteiger partial charge in [-0.2, -0.15) is 0 Å². The molecule has 156 valence electrons. The van der Waals surface area contributed by atoms with Crippen LogP contribution in [0.4, 0.5) is 0 Å². The van der Waals surface area contributed by atoms with Crippen LogP contribution in [0.2, 0.25) is 0 Å². The summed E-state index contributed by atoms with van der Waals surface area (Å²) in [6.07, 6.45) is 10.7. The summed E-state index contributed by atoms with van der Waals surface area (Å²) in [5.41, 5.74) is 3.28. The number of amides is 1. The average Bonchev–Trinajstić information content (AvgIpc) is 2.88. The van der Waals surface area contributed by atoms with E-state index in [2.05, 4.69) is 62.3 Å². The standard InChI is InChI=1S/C19H27N3OS.C4H10/c1-5-15-8-7-9-16(11-10-15)18-21-14(3)17(24-18)19(23)22(6-2)13-12-20-4;1-4(2)3/h8-11,20H,5-7,12-13H2,1-4H3;4H,1-3H3. The number of hydrogen-bond acceptors (Lipinski definition) is 4. The molecule has 0 saturated carbocycles. The number of aryl methyl sites for hydroxylation is 1. The van der Waals surface area contributed by atoms with E-state index in [1.54, 1.807) is 0 Å². The Kier molecular flexibility index (Phi) is 11.0. The molecule has 1 amide bonds. The molecule has 1 aromatic rings. The molecule has 0 unspecified atom stereocenters. The van der Waals surface area contributed by atoms with Gasteiger partial charge in [0.1, 0.15) is 9.88 Å². The summed E-state index contributed by atoms with van der Waals surface area (Å²) in [6.45, 7) is 14.8. The maximum Gasteiger partial charge on any atom is 0.265 e. The van der Waals surface area contributed by atoms with E-state index in [0.29, 0.717) is 13.1 Å². The molecule has 0 spiro atoms. The third-order valence-electron chi connectivity index (χ3n) is 4.14. The molecule has 1 heterocycles. The lowest BCUT2D eigenvalue weighted by Crippen LogP contribution is -2.35. The first-order chi connectivity index (χ1) is 13.3. The van der Waals surface area contributed by atoms with Crippen LogP contribution in [0.15, 0.2) is 29.9 Å². The first-order valence-electron chi connectivity index (χ1n) is 10.3. The average molecular weight is 404 g/mol. The molecule has 0 radical (unpaired) electrons. The summed E-state index contributed by atoms with van der Waals surface area (Å²) in [4.78, 5) is 20.1. The second-order valence-corrected chi connectivity index (χ2v) is 8.51. The zero-order chi connectivity index (χ0) is 21.1. The molecule has 1 aliphatic carbocycles. The largest absolute Gasteiger partial charge is 0.337 e. The van der Waals surface area contributed by atoms with Crippen LogP contribution in [0.25, 0.3) is 5.57 Å². The Morgan fingerprint density at radius 2 is 1.93 bits per heavy atom. The van der Waals surface area contributed by atoms with Gasteiger partial charge in [0.05, 0.1) is 5.69 Å². The number of carbonyl (C=O) groups is 1. The first-order valence-corrected chi connectivity index (χ1v) is 11.1. The highest BCUT2D eigenvalue weighted by atomic mass is 32.1. The number of likely N-dealkylation sites (N-methyl/N-ethyl adjacent to an activating group) is 2. The van der Waals surface area contributed by atoms with Crippen LogP contribution < -0.4 is 5.32 Å². The third kappa shape index (κ3) is 7.72. The van der Waals surface area contributed by atoms with Crippen molar-refractivity contribution in [2.24, 2.45) is 5.92 Å². The molecule has 0 aromatic carbocycles. The SMILES string of the molecule is CC(C)C.CCC1=CCC=C(c2nc(C)c(C(=O)N(CC)CCNC)s2)C=C1. The first kappa shape index (κ1) is 24.3. The number of allylic oxidation sites excluding steroid dienone is 6. The van der Waals surface area contributed by atoms with E-state index < -0.39 is 0 Å². The molecule has 2 rings (SSSR count). The lowest BCUT2D eigenvalue weighted by Gasteiger charge is -2.20. The number of hydrogen-bond donors (Lipinski definition) is 1. The smallest absolute Gasteiger partial charge is 0.265 e. The van der Waals surface area contributed by atoms with Crippen molar-refractivity contribution in [3.8, 4) is 0 Å². The Morgan fingerprint density at radius 3 is 2.50 bits per heavy atom. The van der Waals surface area contributed by atoms with Crippen molar-refractivity contribution in [2.45, 2.75) is 54.4 Å². The van der Waals surface area contributed by atoms with Crippen LogP contribution in [0.3, 0.4) is 0 Å². The van der Waals surface area contributed by atoms with Crippen molar-refractivity contribution >= 4 is 22.8 Å². The molecule has 0 bridgehead atoms. The fourth-order valence-corrected chi connectivity index (χ4v) is 3.66. The Labute approximate surface area is 175 Å². The van der Waals surface area contributed by atoms with Crippen molar-refractivity contribution in [1.82, 2.24) is 15.2 Å². The van der Waals surface area contributed by atoms with Crippen LogP contribution in [0.1, 0.15) is 67.8 Å². The molecule has 0 aliphatic heterocycles. The lowest BCUT2D eigenvalue weighted by atomic mass is 10.2. The highest BCUT2D eigenvalue weighted by Crippen LogP contribution is 2.28. The molecule has 0 atom stereocenters. The van der Waals surface area contributed by atoms with E-state index >= 15 is 0 Å². The van der Waals surface area contributed by atoms with Crippen molar-refractivity contribution in [1.29, 1.82) is 0 Å². The van der Waals surface area contributed by atoms with E-state index in [-0.39, 0.29) is 5.91 Å². The van der Waals surface area contributed by atoms with Gasteiger partial charge in [0.25, 0.3) is 5.91 Å². The molecular formula is C23H37N3OS. The summed E-state index contributed by atoms with van der Waals surface area (Å²) in [6, 6.07) is 0. The Balaban J connectivity index is 0.000000892. The number of rotatable bonds is 7. The molecule has 4 nitrogen and oxygen atoms in total. The minimum atomic E-state index is 0.0829. The fourth-order valence-electron chi connectivity index (χ4n) is 2.60. The van der Waals surface area contributed by atoms with Gasteiger partial charge in [0.2, 0.25) is 0 Å². The number of thiazole rings is 1. The highest BCUT2D eigenvalue weighted by Gasteiger charge is 2.21. The second kappa shape index (κ2) is 12.7. The van der Waals surface area contributed by atoms with E-state index in [1.807, 2.05) is 25.8 Å². The molecule has 0 saturated heterocycles. The molecule has 28 heavy (non-hydrogen) atoms. The molecular weight excluding hydrogens is 366 g/mol. The summed E-state index contributed by atoms with van der Waals surface area (Å²) in [7, 11) is 1.90. The monoisotopic (exact) mass is 403 g/mol. The lowest BCUT2D eigenvalue weighted by molar-refractivity contribution is 0.0770. The van der Waals surface area contributed by atoms with Gasteiger partial charge >= 0.3 is 0 Å². The minimum Gasteiger partial charge on any atom is -0.337 e. The van der Waals surface area contributed by atoms with E-state index in [9.17, 15) is 4.79 Å². The van der Waals surface area contributed by atoms with Gasteiger partial charge in [0.15, 0.2) is 0 Å². The van der Waals surface area contributed by atoms with Crippen LogP contribution in [0, 0.1) is 12.8 Å². The van der Waals surface area contributed by atoms with E-state index in [0.717, 1.165) is 46.5 Å². The van der Waals surface area contributed by atoms with Crippen molar-refractivity contribution in [3.63, 3.8) is 0 Å². The minimum absolute atomic E-state index is 0.0829. The van der Waals surface area contributed by atoms with Gasteiger partial charge < -0.3 is 10.2 Å². The fraction of sp³-hybridized carbons (Fsp3) is 0.565. The van der Waals surface area contributed by atoms with E-state index in [1.165, 1.54) is 16.9 Å². The molecule has 1 N–H and O–H groups in total. The summed E-state index contributed by atoms with van der Waals surface area (Å²) >= 11 is 1.50. The zero-order valence-electron chi connectivity index (χ0n) is 18.6. The quantitative estimate of drug-likeness (QED) is 0.656. The normalized spacial score (nSPS) is 13.4. The molecule has 5 heteroatoms. The number of nitrogens with one attached hydrogen (secondary N) is 1. The topological polar surface area (TPSA) is 45.2 Å². The maximum absolute atomic E-state index is 12.8. The predicted molar refractivity (Wildman–Crippen MR) is 123 cm³/mol. The summed E-state index contributed by atoms with van der Waals surface area (Å²) < 4.78 is 0. The Bertz CT molecular complexity index is 711. The van der Waals surface area contributed by atoms with Crippen molar-refractivity contribution < 1.29 is 4.79 Å². The van der Waals surface area contributed by atoms with Gasteiger partial charge in [-0.3, -0.25) is 4.79 Å². The van der Waals surface area contributed by atoms with Crippen LogP contribution in [-0.4, -0.2) is 42.5 Å². The maximum atomic E-state index is 12.8. The van der Waals surface area contributed by atoms with Gasteiger partial charge in [0, 0.05) is 25.2 Å². The summed E-state index contributed by atoms with van der Waals surface area (Å²) in [5, 5.41) is 4.03. The second-order valence-electron chi connectivity index (χ2n) is 7.52. The van der Waals surface area contributed by atoms with E-state index in [4.69, 9.17) is 0 Å².